The number of alkyl halides is 3. The van der Waals surface area contributed by atoms with Gasteiger partial charge in [0.15, 0.2) is 0 Å². The van der Waals surface area contributed by atoms with Crippen molar-refractivity contribution in [2.45, 2.75) is 25.1 Å². The summed E-state index contributed by atoms with van der Waals surface area (Å²) in [6.07, 6.45) is -4.87. The van der Waals surface area contributed by atoms with Crippen LogP contribution in [0.15, 0.2) is 24.3 Å². The molecule has 0 aliphatic rings. The van der Waals surface area contributed by atoms with E-state index in [9.17, 15) is 13.2 Å². The van der Waals surface area contributed by atoms with Gasteiger partial charge in [-0.3, -0.25) is 0 Å². The Morgan fingerprint density at radius 1 is 1.25 bits per heavy atom. The molecule has 0 aromatic heterocycles. The lowest BCUT2D eigenvalue weighted by Crippen LogP contribution is -2.19. The first kappa shape index (κ1) is 13.3. The van der Waals surface area contributed by atoms with E-state index < -0.39 is 12.6 Å². The summed E-state index contributed by atoms with van der Waals surface area (Å²) in [5.74, 6) is 0. The monoisotopic (exact) mass is 251 g/mol. The lowest BCUT2D eigenvalue weighted by molar-refractivity contribution is -0.136. The summed E-state index contributed by atoms with van der Waals surface area (Å²) in [4.78, 5) is 0. The third-order valence-corrected chi connectivity index (χ3v) is 2.59. The molecular formula is C11H13ClF3N. The van der Waals surface area contributed by atoms with Gasteiger partial charge in [-0.05, 0) is 31.2 Å². The molecule has 16 heavy (non-hydrogen) atoms. The second-order valence-electron chi connectivity index (χ2n) is 3.55. The summed E-state index contributed by atoms with van der Waals surface area (Å²) in [5, 5.41) is 3.45. The molecule has 1 atom stereocenters. The summed E-state index contributed by atoms with van der Waals surface area (Å²) in [6, 6.07) is 6.53. The Morgan fingerprint density at radius 3 is 2.25 bits per heavy atom. The van der Waals surface area contributed by atoms with Gasteiger partial charge in [-0.2, -0.15) is 13.2 Å². The van der Waals surface area contributed by atoms with Crippen LogP contribution in [0.1, 0.15) is 24.4 Å². The second-order valence-corrected chi connectivity index (χ2v) is 3.98. The molecule has 0 fully saturated rings. The van der Waals surface area contributed by atoms with Gasteiger partial charge in [0.05, 0.1) is 0 Å². The molecule has 90 valence electrons. The Balaban J connectivity index is 2.64. The fraction of sp³-hybridized carbons (Fsp3) is 0.455. The van der Waals surface area contributed by atoms with Crippen molar-refractivity contribution in [1.29, 1.82) is 0 Å². The maximum Gasteiger partial charge on any atom is 0.389 e. The van der Waals surface area contributed by atoms with Crippen LogP contribution < -0.4 is 5.32 Å². The molecule has 0 aliphatic heterocycles. The van der Waals surface area contributed by atoms with Crippen molar-refractivity contribution in [1.82, 2.24) is 5.32 Å². The average molecular weight is 252 g/mol. The van der Waals surface area contributed by atoms with Gasteiger partial charge in [0, 0.05) is 17.5 Å². The van der Waals surface area contributed by atoms with Crippen LogP contribution in [0.5, 0.6) is 0 Å². The van der Waals surface area contributed by atoms with Gasteiger partial charge >= 0.3 is 6.18 Å². The molecule has 0 amide bonds. The highest BCUT2D eigenvalue weighted by Gasteiger charge is 2.28. The Labute approximate surface area is 97.6 Å². The van der Waals surface area contributed by atoms with E-state index in [0.29, 0.717) is 5.02 Å². The van der Waals surface area contributed by atoms with Crippen LogP contribution in [0.4, 0.5) is 13.2 Å². The smallest absolute Gasteiger partial charge is 0.313 e. The summed E-state index contributed by atoms with van der Waals surface area (Å²) in [7, 11) is 1.65. The molecule has 5 heteroatoms. The Morgan fingerprint density at radius 2 is 1.81 bits per heavy atom. The van der Waals surface area contributed by atoms with E-state index in [0.717, 1.165) is 5.56 Å². The van der Waals surface area contributed by atoms with E-state index >= 15 is 0 Å². The molecule has 1 rings (SSSR count). The lowest BCUT2D eigenvalue weighted by Gasteiger charge is -2.17. The van der Waals surface area contributed by atoms with Gasteiger partial charge in [0.1, 0.15) is 0 Å². The van der Waals surface area contributed by atoms with Crippen molar-refractivity contribution < 1.29 is 13.2 Å². The molecule has 0 saturated heterocycles. The Kier molecular flexibility index (Phi) is 4.62. The van der Waals surface area contributed by atoms with Gasteiger partial charge in [0.2, 0.25) is 0 Å². The first-order chi connectivity index (χ1) is 7.42. The second kappa shape index (κ2) is 5.55. The van der Waals surface area contributed by atoms with E-state index in [1.165, 1.54) is 0 Å². The number of hydrogen-bond acceptors (Lipinski definition) is 1. The minimum atomic E-state index is -4.11. The van der Waals surface area contributed by atoms with Crippen molar-refractivity contribution in [3.63, 3.8) is 0 Å². The average Bonchev–Trinajstić information content (AvgIpc) is 2.20. The van der Waals surface area contributed by atoms with E-state index in [1.807, 2.05) is 0 Å². The van der Waals surface area contributed by atoms with E-state index in [4.69, 9.17) is 11.6 Å². The molecule has 1 unspecified atom stereocenters. The Hall–Kier alpha value is -0.740. The standard InChI is InChI=1S/C11H13ClF3N/c1-16-10(6-7-11(13,14)15)8-2-4-9(12)5-3-8/h2-5,10,16H,6-7H2,1H3. The van der Waals surface area contributed by atoms with Crippen LogP contribution in [-0.2, 0) is 0 Å². The zero-order valence-corrected chi connectivity index (χ0v) is 9.57. The maximum absolute atomic E-state index is 12.1. The SMILES string of the molecule is CNC(CCC(F)(F)F)c1ccc(Cl)cc1. The highest BCUT2D eigenvalue weighted by molar-refractivity contribution is 6.30. The molecule has 0 bridgehead atoms. The van der Waals surface area contributed by atoms with E-state index in [2.05, 4.69) is 5.32 Å². The molecule has 0 saturated carbocycles. The summed E-state index contributed by atoms with van der Waals surface area (Å²) < 4.78 is 36.2. The number of benzene rings is 1. The molecule has 1 N–H and O–H groups in total. The minimum absolute atomic E-state index is 0.0294. The number of nitrogens with one attached hydrogen (secondary N) is 1. The number of rotatable bonds is 4. The van der Waals surface area contributed by atoms with E-state index in [-0.39, 0.29) is 12.5 Å². The van der Waals surface area contributed by atoms with Gasteiger partial charge in [-0.25, -0.2) is 0 Å². The van der Waals surface area contributed by atoms with Crippen LogP contribution in [0, 0.1) is 0 Å². The number of hydrogen-bond donors (Lipinski definition) is 1. The van der Waals surface area contributed by atoms with Crippen molar-refractivity contribution in [2.75, 3.05) is 7.05 Å². The van der Waals surface area contributed by atoms with Crippen LogP contribution in [-0.4, -0.2) is 13.2 Å². The van der Waals surface area contributed by atoms with Crippen LogP contribution >= 0.6 is 11.6 Å². The first-order valence-corrected chi connectivity index (χ1v) is 5.29. The molecular weight excluding hydrogens is 239 g/mol. The summed E-state index contributed by atoms with van der Waals surface area (Å²) in [5.41, 5.74) is 0.816. The van der Waals surface area contributed by atoms with E-state index in [1.54, 1.807) is 31.3 Å². The number of halogens is 4. The fourth-order valence-electron chi connectivity index (χ4n) is 1.48. The van der Waals surface area contributed by atoms with Gasteiger partial charge in [-0.1, -0.05) is 23.7 Å². The third kappa shape index (κ3) is 4.41. The minimum Gasteiger partial charge on any atom is -0.313 e. The molecule has 1 aromatic carbocycles. The van der Waals surface area contributed by atoms with Crippen molar-refractivity contribution in [3.05, 3.63) is 34.9 Å². The predicted octanol–water partition coefficient (Wildman–Crippen LogP) is 3.94. The fourth-order valence-corrected chi connectivity index (χ4v) is 1.61. The van der Waals surface area contributed by atoms with Crippen LogP contribution in [0.25, 0.3) is 0 Å². The van der Waals surface area contributed by atoms with Gasteiger partial charge < -0.3 is 5.32 Å². The normalized spacial score (nSPS) is 13.8. The highest BCUT2D eigenvalue weighted by Crippen LogP contribution is 2.27. The van der Waals surface area contributed by atoms with Crippen LogP contribution in [0.2, 0.25) is 5.02 Å². The molecule has 1 nitrogen and oxygen atoms in total. The van der Waals surface area contributed by atoms with Crippen molar-refractivity contribution in [2.24, 2.45) is 0 Å². The van der Waals surface area contributed by atoms with Gasteiger partial charge in [0.25, 0.3) is 0 Å². The zero-order chi connectivity index (χ0) is 12.2. The molecule has 1 aromatic rings. The Bertz CT molecular complexity index is 321. The molecule has 0 heterocycles. The predicted molar refractivity (Wildman–Crippen MR) is 58.5 cm³/mol. The third-order valence-electron chi connectivity index (χ3n) is 2.34. The van der Waals surface area contributed by atoms with Gasteiger partial charge in [-0.15, -0.1) is 0 Å². The van der Waals surface area contributed by atoms with Crippen LogP contribution in [0.3, 0.4) is 0 Å². The maximum atomic E-state index is 12.1. The topological polar surface area (TPSA) is 12.0 Å². The lowest BCUT2D eigenvalue weighted by atomic mass is 10.0. The summed E-state index contributed by atoms with van der Waals surface area (Å²) in [6.45, 7) is 0. The molecule has 0 spiro atoms. The summed E-state index contributed by atoms with van der Waals surface area (Å²) >= 11 is 5.71. The van der Waals surface area contributed by atoms with Crippen molar-refractivity contribution >= 4 is 11.6 Å². The quantitative estimate of drug-likeness (QED) is 0.855. The van der Waals surface area contributed by atoms with Crippen molar-refractivity contribution in [3.8, 4) is 0 Å². The zero-order valence-electron chi connectivity index (χ0n) is 8.81. The largest absolute Gasteiger partial charge is 0.389 e. The highest BCUT2D eigenvalue weighted by atomic mass is 35.5. The molecule has 0 aliphatic carbocycles. The first-order valence-electron chi connectivity index (χ1n) is 4.92. The molecule has 0 radical (unpaired) electrons.